The molecule has 0 bridgehead atoms. The lowest BCUT2D eigenvalue weighted by Gasteiger charge is -2.44. The molecule has 1 N–H and O–H groups in total. The van der Waals surface area contributed by atoms with Crippen molar-refractivity contribution >= 4 is 30.0 Å². The smallest absolute Gasteiger partial charge is 0.332 e. The monoisotopic (exact) mass is 354 g/mol. The maximum Gasteiger partial charge on any atom is 0.332 e. The summed E-state index contributed by atoms with van der Waals surface area (Å²) in [6.07, 6.45) is 2.25. The summed E-state index contributed by atoms with van der Waals surface area (Å²) in [5.41, 5.74) is -0.149. The van der Waals surface area contributed by atoms with E-state index in [-0.39, 0.29) is 24.3 Å². The van der Waals surface area contributed by atoms with E-state index in [1.165, 1.54) is 0 Å². The Hall–Kier alpha value is -1.59. The van der Waals surface area contributed by atoms with Crippen LogP contribution < -0.4 is 10.2 Å². The van der Waals surface area contributed by atoms with Crippen LogP contribution >= 0.6 is 12.4 Å². The van der Waals surface area contributed by atoms with Crippen LogP contribution in [0.2, 0.25) is 0 Å². The quantitative estimate of drug-likeness (QED) is 0.798. The van der Waals surface area contributed by atoms with E-state index >= 15 is 0 Å². The molecule has 2 rings (SSSR count). The second-order valence-corrected chi connectivity index (χ2v) is 5.84. The number of esters is 1. The summed E-state index contributed by atoms with van der Waals surface area (Å²) in [4.78, 5) is 27.2. The molecule has 1 aliphatic rings. The number of rotatable bonds is 6. The number of nitrogens with zero attached hydrogens (tertiary/aromatic N) is 1. The van der Waals surface area contributed by atoms with Gasteiger partial charge >= 0.3 is 5.97 Å². The molecule has 0 atom stereocenters. The normalized spacial score (nSPS) is 15.9. The summed E-state index contributed by atoms with van der Waals surface area (Å²) in [6.45, 7) is 5.57. The SMILES string of the molecule is CCCOC(=O)C1(N(C(=O)CC)c2ccccc2)CCNCC1.Cl. The van der Waals surface area contributed by atoms with Crippen LogP contribution in [0.15, 0.2) is 30.3 Å². The number of carbonyl (C=O) groups excluding carboxylic acids is 2. The molecule has 0 unspecified atom stereocenters. The van der Waals surface area contributed by atoms with Gasteiger partial charge in [0.1, 0.15) is 5.54 Å². The summed E-state index contributed by atoms with van der Waals surface area (Å²) in [6, 6.07) is 9.44. The van der Waals surface area contributed by atoms with Gasteiger partial charge in [0.15, 0.2) is 0 Å². The van der Waals surface area contributed by atoms with Crippen molar-refractivity contribution in [2.24, 2.45) is 0 Å². The summed E-state index contributed by atoms with van der Waals surface area (Å²) in [7, 11) is 0. The summed E-state index contributed by atoms with van der Waals surface area (Å²) in [5, 5.41) is 3.27. The molecule has 0 aromatic heterocycles. The van der Waals surface area contributed by atoms with Gasteiger partial charge in [0.2, 0.25) is 5.91 Å². The molecule has 0 spiro atoms. The third-order valence-corrected chi connectivity index (χ3v) is 4.24. The number of amides is 1. The van der Waals surface area contributed by atoms with Crippen LogP contribution in [0, 0.1) is 0 Å². The predicted octanol–water partition coefficient (Wildman–Crippen LogP) is 2.93. The van der Waals surface area contributed by atoms with Gasteiger partial charge in [-0.3, -0.25) is 9.69 Å². The molecule has 1 amide bonds. The Balaban J connectivity index is 0.00000288. The number of piperidine rings is 1. The van der Waals surface area contributed by atoms with Crippen LogP contribution in [0.25, 0.3) is 0 Å². The van der Waals surface area contributed by atoms with Crippen molar-refractivity contribution in [2.75, 3.05) is 24.6 Å². The predicted molar refractivity (Wildman–Crippen MR) is 97.6 cm³/mol. The zero-order chi connectivity index (χ0) is 16.7. The lowest BCUT2D eigenvalue weighted by atomic mass is 9.85. The van der Waals surface area contributed by atoms with E-state index in [1.54, 1.807) is 4.90 Å². The maximum absolute atomic E-state index is 12.9. The van der Waals surface area contributed by atoms with Gasteiger partial charge in [-0.25, -0.2) is 4.79 Å². The summed E-state index contributed by atoms with van der Waals surface area (Å²) < 4.78 is 5.47. The fourth-order valence-corrected chi connectivity index (χ4v) is 3.05. The lowest BCUT2D eigenvalue weighted by Crippen LogP contribution is -2.62. The number of nitrogens with one attached hydrogen (secondary N) is 1. The third-order valence-electron chi connectivity index (χ3n) is 4.24. The van der Waals surface area contributed by atoms with E-state index in [9.17, 15) is 9.59 Å². The number of ether oxygens (including phenoxy) is 1. The Morgan fingerprint density at radius 2 is 1.79 bits per heavy atom. The second-order valence-electron chi connectivity index (χ2n) is 5.84. The van der Waals surface area contributed by atoms with Gasteiger partial charge in [-0.15, -0.1) is 12.4 Å². The number of hydrogen-bond acceptors (Lipinski definition) is 4. The molecule has 1 aliphatic heterocycles. The fourth-order valence-electron chi connectivity index (χ4n) is 3.05. The molecule has 1 aromatic carbocycles. The van der Waals surface area contributed by atoms with Gasteiger partial charge < -0.3 is 10.1 Å². The Morgan fingerprint density at radius 1 is 1.17 bits per heavy atom. The minimum absolute atomic E-state index is 0. The average Bonchev–Trinajstić information content (AvgIpc) is 2.61. The molecular formula is C18H27ClN2O3. The molecule has 1 heterocycles. The van der Waals surface area contributed by atoms with Crippen LogP contribution in [-0.2, 0) is 14.3 Å². The topological polar surface area (TPSA) is 58.6 Å². The van der Waals surface area contributed by atoms with Gasteiger partial charge in [-0.05, 0) is 44.5 Å². The Kier molecular flexibility index (Phi) is 8.22. The highest BCUT2D eigenvalue weighted by Gasteiger charge is 2.48. The highest BCUT2D eigenvalue weighted by atomic mass is 35.5. The molecule has 5 nitrogen and oxygen atoms in total. The lowest BCUT2D eigenvalue weighted by molar-refractivity contribution is -0.153. The van der Waals surface area contributed by atoms with Crippen molar-refractivity contribution in [1.82, 2.24) is 5.32 Å². The zero-order valence-electron chi connectivity index (χ0n) is 14.4. The Morgan fingerprint density at radius 3 is 2.33 bits per heavy atom. The number of benzene rings is 1. The van der Waals surface area contributed by atoms with Crippen molar-refractivity contribution in [1.29, 1.82) is 0 Å². The van der Waals surface area contributed by atoms with E-state index in [2.05, 4.69) is 5.32 Å². The third kappa shape index (κ3) is 4.28. The van der Waals surface area contributed by atoms with E-state index < -0.39 is 5.54 Å². The number of hydrogen-bond donors (Lipinski definition) is 1. The number of halogens is 1. The van der Waals surface area contributed by atoms with E-state index in [0.717, 1.165) is 12.1 Å². The van der Waals surface area contributed by atoms with Crippen molar-refractivity contribution < 1.29 is 14.3 Å². The highest BCUT2D eigenvalue weighted by Crippen LogP contribution is 2.33. The summed E-state index contributed by atoms with van der Waals surface area (Å²) in [5.74, 6) is -0.335. The number of para-hydroxylation sites is 1. The van der Waals surface area contributed by atoms with Gasteiger partial charge in [0.05, 0.1) is 6.61 Å². The maximum atomic E-state index is 12.9. The molecular weight excluding hydrogens is 328 g/mol. The Labute approximate surface area is 150 Å². The molecule has 1 saturated heterocycles. The highest BCUT2D eigenvalue weighted by molar-refractivity contribution is 6.02. The zero-order valence-corrected chi connectivity index (χ0v) is 15.2. The number of carbonyl (C=O) groups is 2. The molecule has 0 radical (unpaired) electrons. The van der Waals surface area contributed by atoms with E-state index in [4.69, 9.17) is 4.74 Å². The first-order chi connectivity index (χ1) is 11.2. The van der Waals surface area contributed by atoms with E-state index in [0.29, 0.717) is 39.0 Å². The van der Waals surface area contributed by atoms with Gasteiger partial charge in [0, 0.05) is 12.1 Å². The van der Waals surface area contributed by atoms with Crippen LogP contribution in [0.3, 0.4) is 0 Å². The molecule has 0 saturated carbocycles. The second kappa shape index (κ2) is 9.64. The molecule has 1 aromatic rings. The number of anilines is 1. The van der Waals surface area contributed by atoms with Crippen LogP contribution in [0.1, 0.15) is 39.5 Å². The first kappa shape index (κ1) is 20.5. The first-order valence-corrected chi connectivity index (χ1v) is 8.41. The van der Waals surface area contributed by atoms with Crippen LogP contribution in [0.4, 0.5) is 5.69 Å². The van der Waals surface area contributed by atoms with Crippen LogP contribution in [0.5, 0.6) is 0 Å². The largest absolute Gasteiger partial charge is 0.464 e. The fraction of sp³-hybridized carbons (Fsp3) is 0.556. The van der Waals surface area contributed by atoms with Crippen molar-refractivity contribution in [3.63, 3.8) is 0 Å². The Bertz CT molecular complexity index is 530. The minimum atomic E-state index is -0.908. The first-order valence-electron chi connectivity index (χ1n) is 8.41. The molecule has 6 heteroatoms. The molecule has 1 fully saturated rings. The standard InChI is InChI=1S/C18H26N2O3.ClH/c1-3-14-23-17(22)18(10-12-19-13-11-18)20(16(21)4-2)15-8-6-5-7-9-15;/h5-9,19H,3-4,10-14H2,1-2H3;1H. The van der Waals surface area contributed by atoms with Crippen molar-refractivity contribution in [3.8, 4) is 0 Å². The van der Waals surface area contributed by atoms with Crippen molar-refractivity contribution in [3.05, 3.63) is 30.3 Å². The minimum Gasteiger partial charge on any atom is -0.464 e. The van der Waals surface area contributed by atoms with E-state index in [1.807, 2.05) is 44.2 Å². The van der Waals surface area contributed by atoms with Gasteiger partial charge in [0.25, 0.3) is 0 Å². The molecule has 24 heavy (non-hydrogen) atoms. The summed E-state index contributed by atoms with van der Waals surface area (Å²) >= 11 is 0. The van der Waals surface area contributed by atoms with Crippen LogP contribution in [-0.4, -0.2) is 37.1 Å². The molecule has 0 aliphatic carbocycles. The molecule has 134 valence electrons. The average molecular weight is 355 g/mol. The van der Waals surface area contributed by atoms with Gasteiger partial charge in [-0.2, -0.15) is 0 Å². The van der Waals surface area contributed by atoms with Crippen molar-refractivity contribution in [2.45, 2.75) is 45.1 Å². The van der Waals surface area contributed by atoms with Gasteiger partial charge in [-0.1, -0.05) is 32.0 Å².